The Morgan fingerprint density at radius 2 is 1.78 bits per heavy atom. The van der Waals surface area contributed by atoms with E-state index in [9.17, 15) is 26.4 Å². The van der Waals surface area contributed by atoms with Gasteiger partial charge in [-0.25, -0.2) is 31.4 Å². The van der Waals surface area contributed by atoms with Crippen molar-refractivity contribution in [2.24, 2.45) is 0 Å². The highest BCUT2D eigenvalue weighted by Crippen LogP contribution is 2.40. The van der Waals surface area contributed by atoms with E-state index in [-0.39, 0.29) is 16.8 Å². The van der Waals surface area contributed by atoms with Crippen molar-refractivity contribution in [3.8, 4) is 0 Å². The van der Waals surface area contributed by atoms with E-state index in [1.165, 1.54) is 19.1 Å². The van der Waals surface area contributed by atoms with Crippen LogP contribution in [0.15, 0.2) is 42.2 Å². The van der Waals surface area contributed by atoms with Crippen molar-refractivity contribution in [1.29, 1.82) is 0 Å². The number of nitrogens with zero attached hydrogens (tertiary/aromatic N) is 3. The first-order chi connectivity index (χ1) is 17.2. The van der Waals surface area contributed by atoms with E-state index in [1.807, 2.05) is 27.7 Å². The number of oxazole rings is 1. The maximum absolute atomic E-state index is 14.7. The Bertz CT molecular complexity index is 1270. The van der Waals surface area contributed by atoms with Gasteiger partial charge in [-0.15, -0.1) is 13.2 Å². The lowest BCUT2D eigenvalue weighted by molar-refractivity contribution is 0.242. The van der Waals surface area contributed by atoms with Gasteiger partial charge in [-0.05, 0) is 44.4 Å². The summed E-state index contributed by atoms with van der Waals surface area (Å²) < 4.78 is 73.4. The number of anilines is 1. The number of urea groups is 1. The van der Waals surface area contributed by atoms with Crippen molar-refractivity contribution in [1.82, 2.24) is 9.29 Å². The van der Waals surface area contributed by atoms with Crippen molar-refractivity contribution in [2.45, 2.75) is 65.7 Å². The second-order valence-electron chi connectivity index (χ2n) is 7.25. The smallest absolute Gasteiger partial charge is 0.343 e. The third kappa shape index (κ3) is 5.83. The number of alkyl halides is 1. The first-order valence-corrected chi connectivity index (χ1v) is 13.2. The van der Waals surface area contributed by atoms with E-state index in [0.29, 0.717) is 22.7 Å². The number of hydrogen-bond acceptors (Lipinski definition) is 5. The van der Waals surface area contributed by atoms with Crippen molar-refractivity contribution in [3.05, 3.63) is 59.9 Å². The summed E-state index contributed by atoms with van der Waals surface area (Å²) in [7, 11) is -4.16. The third-order valence-electron chi connectivity index (χ3n) is 5.12. The van der Waals surface area contributed by atoms with Gasteiger partial charge in [-0.1, -0.05) is 33.8 Å². The fourth-order valence-corrected chi connectivity index (χ4v) is 5.35. The highest BCUT2D eigenvalue weighted by molar-refractivity contribution is 7.90. The van der Waals surface area contributed by atoms with Crippen molar-refractivity contribution in [2.75, 3.05) is 11.6 Å². The van der Waals surface area contributed by atoms with Crippen LogP contribution in [0.1, 0.15) is 53.0 Å². The van der Waals surface area contributed by atoms with Crippen LogP contribution >= 0.6 is 0 Å². The van der Waals surface area contributed by atoms with Crippen LogP contribution in [-0.2, 0) is 10.0 Å². The monoisotopic (exact) mass is 529 g/mol. The molecular weight excluding hydrogens is 495 g/mol. The molecule has 0 radical (unpaired) electrons. The molecule has 0 spiro atoms. The molecule has 0 bridgehead atoms. The zero-order valence-electron chi connectivity index (χ0n) is 21.5. The first-order valence-electron chi connectivity index (χ1n) is 11.7. The summed E-state index contributed by atoms with van der Waals surface area (Å²) in [5, 5.41) is -1.32. The average Bonchev–Trinajstić information content (AvgIpc) is 3.59. The van der Waals surface area contributed by atoms with Crippen LogP contribution in [-0.4, -0.2) is 41.7 Å². The SMILES string of the molecule is C=C.CC.CC.Cc1ccc(N2C(=O)N(S(=O)(=O)C3CC3)/C(=c3\ocn\c3=C(/F)CF)C2C)c(F)c1. The minimum absolute atomic E-state index is 0.139. The number of halogens is 3. The maximum atomic E-state index is 14.7. The molecule has 36 heavy (non-hydrogen) atoms. The van der Waals surface area contributed by atoms with Crippen LogP contribution in [0.4, 0.5) is 23.7 Å². The first kappa shape index (κ1) is 31.0. The lowest BCUT2D eigenvalue weighted by Gasteiger charge is -2.20. The van der Waals surface area contributed by atoms with Crippen LogP contribution in [0.25, 0.3) is 11.5 Å². The van der Waals surface area contributed by atoms with E-state index >= 15 is 0 Å². The molecule has 1 aliphatic heterocycles. The highest BCUT2D eigenvalue weighted by atomic mass is 32.2. The topological polar surface area (TPSA) is 83.7 Å². The molecule has 1 aliphatic carbocycles. The van der Waals surface area contributed by atoms with Gasteiger partial charge < -0.3 is 4.42 Å². The Kier molecular flexibility index (Phi) is 11.4. The lowest BCUT2D eigenvalue weighted by Crippen LogP contribution is -2.40. The van der Waals surface area contributed by atoms with Crippen LogP contribution in [0.3, 0.4) is 0 Å². The van der Waals surface area contributed by atoms with Gasteiger partial charge in [0.05, 0.1) is 17.0 Å². The van der Waals surface area contributed by atoms with Gasteiger partial charge >= 0.3 is 6.03 Å². The summed E-state index contributed by atoms with van der Waals surface area (Å²) in [5.41, 5.74) is -0.146. The molecule has 1 atom stereocenters. The minimum atomic E-state index is -4.16. The fraction of sp³-hybridized carbons (Fsp3) is 0.440. The number of sulfonamides is 1. The molecule has 2 aromatic rings. The van der Waals surface area contributed by atoms with Crippen molar-refractivity contribution >= 4 is 33.3 Å². The molecule has 2 fully saturated rings. The zero-order valence-corrected chi connectivity index (χ0v) is 22.3. The Morgan fingerprint density at radius 1 is 1.19 bits per heavy atom. The number of rotatable bonds is 4. The van der Waals surface area contributed by atoms with Crippen molar-refractivity contribution in [3.63, 3.8) is 0 Å². The summed E-state index contributed by atoms with van der Waals surface area (Å²) in [5.74, 6) is -1.99. The van der Waals surface area contributed by atoms with E-state index in [0.717, 1.165) is 11.3 Å². The van der Waals surface area contributed by atoms with Gasteiger partial charge in [-0.2, -0.15) is 4.31 Å². The summed E-state index contributed by atoms with van der Waals surface area (Å²) >= 11 is 0. The normalized spacial score (nSPS) is 19.4. The number of benzene rings is 1. The van der Waals surface area contributed by atoms with E-state index < -0.39 is 51.0 Å². The maximum Gasteiger partial charge on any atom is 0.343 e. The molecule has 0 N–H and O–H groups in total. The zero-order chi connectivity index (χ0) is 27.8. The Labute approximate surface area is 210 Å². The number of carbonyl (C=O) groups excluding carboxylic acids is 1. The molecule has 11 heteroatoms. The molecule has 1 aromatic carbocycles. The second kappa shape index (κ2) is 13.3. The standard InChI is InChI=1S/C19H18F3N3O4S.2C2H6.C2H4/c1-10-3-6-15(13(21)7-10)24-11(2)17(18-16(14(22)8-20)23-9-29-18)25(19(24)26)30(27,28)12-4-5-12;3*1-2/h3,6-7,9,11-12H,4-5,8H2,1-2H3;2*1-2H3;1-2H2/b16-14-,18-17-;;;. The van der Waals surface area contributed by atoms with Gasteiger partial charge in [-0.3, -0.25) is 4.90 Å². The largest absolute Gasteiger partial charge is 0.441 e. The third-order valence-corrected chi connectivity index (χ3v) is 7.29. The van der Waals surface area contributed by atoms with Gasteiger partial charge in [0, 0.05) is 0 Å². The van der Waals surface area contributed by atoms with Crippen molar-refractivity contribution < 1.29 is 30.8 Å². The Balaban J connectivity index is 0.00000101. The van der Waals surface area contributed by atoms with Crippen LogP contribution in [0.2, 0.25) is 0 Å². The summed E-state index contributed by atoms with van der Waals surface area (Å²) in [6.07, 6.45) is 1.56. The molecule has 2 heterocycles. The molecule has 1 aromatic heterocycles. The number of carbonyl (C=O) groups is 1. The molecule has 1 unspecified atom stereocenters. The van der Waals surface area contributed by atoms with E-state index in [2.05, 4.69) is 18.1 Å². The van der Waals surface area contributed by atoms with Crippen LogP contribution < -0.4 is 15.7 Å². The molecule has 1 saturated heterocycles. The average molecular weight is 530 g/mol. The predicted molar refractivity (Wildman–Crippen MR) is 136 cm³/mol. The van der Waals surface area contributed by atoms with Gasteiger partial charge in [0.1, 0.15) is 23.5 Å². The van der Waals surface area contributed by atoms with Gasteiger partial charge in [0.15, 0.2) is 17.6 Å². The number of amides is 2. The summed E-state index contributed by atoms with van der Waals surface area (Å²) in [6.45, 7) is 15.6. The second-order valence-corrected chi connectivity index (χ2v) is 9.31. The van der Waals surface area contributed by atoms with Crippen LogP contribution in [0, 0.1) is 12.7 Å². The molecule has 2 amide bonds. The van der Waals surface area contributed by atoms with E-state index in [1.54, 1.807) is 13.0 Å². The molecule has 4 rings (SSSR count). The Morgan fingerprint density at radius 3 is 2.28 bits per heavy atom. The molecule has 200 valence electrons. The van der Waals surface area contributed by atoms with Crippen LogP contribution in [0.5, 0.6) is 0 Å². The number of aromatic nitrogens is 1. The number of hydrogen-bond donors (Lipinski definition) is 0. The quantitative estimate of drug-likeness (QED) is 0.523. The molecular formula is C25H34F3N3O4S. The van der Waals surface area contributed by atoms with Gasteiger partial charge in [0.25, 0.3) is 0 Å². The molecule has 7 nitrogen and oxygen atoms in total. The summed E-state index contributed by atoms with van der Waals surface area (Å²) in [4.78, 5) is 17.8. The minimum Gasteiger partial charge on any atom is -0.441 e. The van der Waals surface area contributed by atoms with E-state index in [4.69, 9.17) is 4.42 Å². The molecule has 1 saturated carbocycles. The van der Waals surface area contributed by atoms with Gasteiger partial charge in [0.2, 0.25) is 10.0 Å². The fourth-order valence-electron chi connectivity index (χ4n) is 3.50. The summed E-state index contributed by atoms with van der Waals surface area (Å²) in [6, 6.07) is 2.08. The molecule has 2 aliphatic rings. The number of aryl methyl sites for hydroxylation is 1. The predicted octanol–water partition coefficient (Wildman–Crippen LogP) is 4.96. The Hall–Kier alpha value is -3.08. The lowest BCUT2D eigenvalue weighted by atomic mass is 10.1. The highest BCUT2D eigenvalue weighted by Gasteiger charge is 2.53.